The number of ether oxygens (including phenoxy) is 1. The molecule has 0 saturated carbocycles. The van der Waals surface area contributed by atoms with Gasteiger partial charge in [-0.3, -0.25) is 4.79 Å². The maximum Gasteiger partial charge on any atom is 0.314 e. The Morgan fingerprint density at radius 3 is 2.65 bits per heavy atom. The number of carbonyl (C=O) groups is 1. The third kappa shape index (κ3) is 2.59. The van der Waals surface area contributed by atoms with E-state index < -0.39 is 58.3 Å². The first-order valence-electron chi connectivity index (χ1n) is 9.58. The highest BCUT2D eigenvalue weighted by molar-refractivity contribution is 6.03. The second-order valence-electron chi connectivity index (χ2n) is 7.72. The lowest BCUT2D eigenvalue weighted by atomic mass is 9.70. The average Bonchev–Trinajstić information content (AvgIpc) is 2.87. The molecule has 4 rings (SSSR count). The molecule has 0 saturated heterocycles. The van der Waals surface area contributed by atoms with Crippen molar-refractivity contribution in [3.63, 3.8) is 0 Å². The van der Waals surface area contributed by atoms with E-state index >= 15 is 13.2 Å². The molecule has 2 aromatic rings. The van der Waals surface area contributed by atoms with Gasteiger partial charge in [0, 0.05) is 23.6 Å². The molecule has 0 radical (unpaired) electrons. The molecule has 4 nitrogen and oxygen atoms in total. The standard InChI is InChI=1S/C23H17F4NO3/c1-3-12(2)22(25)21(30)7-6-17(29)19-18(5-4-16(20(19)21)23(22,26)27)31-15-9-13(11-28)8-14(24)10-15/h4-5,8-10,30H,2-3,6-7H2,1H3. The Morgan fingerprint density at radius 2 is 2.00 bits per heavy atom. The van der Waals surface area contributed by atoms with Crippen molar-refractivity contribution in [3.05, 3.63) is 70.6 Å². The lowest BCUT2D eigenvalue weighted by Gasteiger charge is -2.42. The third-order valence-electron chi connectivity index (χ3n) is 6.06. The summed E-state index contributed by atoms with van der Waals surface area (Å²) in [5, 5.41) is 20.2. The smallest absolute Gasteiger partial charge is 0.314 e. The zero-order chi connectivity index (χ0) is 22.8. The molecule has 0 amide bonds. The Bertz CT molecular complexity index is 1190. The highest BCUT2D eigenvalue weighted by Crippen LogP contribution is 2.66. The van der Waals surface area contributed by atoms with E-state index in [1.54, 1.807) is 6.07 Å². The van der Waals surface area contributed by atoms with Gasteiger partial charge in [-0.25, -0.2) is 8.78 Å². The van der Waals surface area contributed by atoms with Crippen LogP contribution >= 0.6 is 0 Å². The van der Waals surface area contributed by atoms with Gasteiger partial charge in [0.25, 0.3) is 0 Å². The van der Waals surface area contributed by atoms with Gasteiger partial charge in [-0.2, -0.15) is 14.0 Å². The number of halogens is 4. The Balaban J connectivity index is 1.95. The predicted molar refractivity (Wildman–Crippen MR) is 102 cm³/mol. The van der Waals surface area contributed by atoms with Crippen LogP contribution in [0, 0.1) is 17.1 Å². The number of aliphatic hydroxyl groups is 1. The fourth-order valence-electron chi connectivity index (χ4n) is 4.54. The number of carbonyl (C=O) groups excluding carboxylic acids is 1. The van der Waals surface area contributed by atoms with Crippen molar-refractivity contribution >= 4 is 5.78 Å². The molecular weight excluding hydrogens is 414 g/mol. The number of hydrogen-bond donors (Lipinski definition) is 1. The molecule has 2 aliphatic carbocycles. The highest BCUT2D eigenvalue weighted by atomic mass is 19.3. The van der Waals surface area contributed by atoms with Gasteiger partial charge < -0.3 is 9.84 Å². The normalized spacial score (nSPS) is 25.6. The van der Waals surface area contributed by atoms with Crippen LogP contribution in [-0.2, 0) is 11.5 Å². The van der Waals surface area contributed by atoms with Crippen LogP contribution in [-0.4, -0.2) is 16.6 Å². The lowest BCUT2D eigenvalue weighted by molar-refractivity contribution is -0.203. The van der Waals surface area contributed by atoms with Crippen LogP contribution in [0.5, 0.6) is 11.5 Å². The van der Waals surface area contributed by atoms with E-state index in [0.29, 0.717) is 0 Å². The summed E-state index contributed by atoms with van der Waals surface area (Å²) in [4.78, 5) is 12.7. The summed E-state index contributed by atoms with van der Waals surface area (Å²) in [6.45, 7) is 4.89. The van der Waals surface area contributed by atoms with Gasteiger partial charge in [0.15, 0.2) is 5.78 Å². The SMILES string of the molecule is C=C(CC)C1(F)C(F)(F)c2ccc(Oc3cc(F)cc(C#N)c3)c3c2C1(O)CCC3=O. The number of benzene rings is 2. The van der Waals surface area contributed by atoms with Crippen LogP contribution < -0.4 is 4.74 Å². The average molecular weight is 431 g/mol. The maximum atomic E-state index is 16.0. The first kappa shape index (κ1) is 21.1. The van der Waals surface area contributed by atoms with Crippen LogP contribution in [0.4, 0.5) is 17.6 Å². The molecule has 0 aliphatic heterocycles. The number of rotatable bonds is 4. The maximum absolute atomic E-state index is 16.0. The van der Waals surface area contributed by atoms with Crippen molar-refractivity contribution in [2.75, 3.05) is 0 Å². The summed E-state index contributed by atoms with van der Waals surface area (Å²) in [6.07, 6.45) is -1.08. The van der Waals surface area contributed by atoms with E-state index in [4.69, 9.17) is 10.00 Å². The van der Waals surface area contributed by atoms with E-state index in [-0.39, 0.29) is 29.0 Å². The number of alkyl halides is 3. The molecule has 2 unspecified atom stereocenters. The van der Waals surface area contributed by atoms with Gasteiger partial charge >= 0.3 is 5.92 Å². The van der Waals surface area contributed by atoms with Crippen molar-refractivity contribution < 1.29 is 32.2 Å². The van der Waals surface area contributed by atoms with Gasteiger partial charge in [0.1, 0.15) is 22.9 Å². The molecule has 2 aliphatic rings. The van der Waals surface area contributed by atoms with Crippen LogP contribution in [0.15, 0.2) is 42.5 Å². The van der Waals surface area contributed by atoms with E-state index in [1.165, 1.54) is 13.0 Å². The summed E-state index contributed by atoms with van der Waals surface area (Å²) < 4.78 is 66.0. The second kappa shape index (κ2) is 6.66. The van der Waals surface area contributed by atoms with Gasteiger partial charge in [0.2, 0.25) is 5.67 Å². The second-order valence-corrected chi connectivity index (χ2v) is 7.72. The Labute approximate surface area is 175 Å². The molecular formula is C23H17F4NO3. The molecule has 8 heteroatoms. The Morgan fingerprint density at radius 1 is 1.29 bits per heavy atom. The minimum absolute atomic E-state index is 0.0545. The Kier molecular flexibility index (Phi) is 4.53. The Hall–Kier alpha value is -3.18. The zero-order valence-corrected chi connectivity index (χ0v) is 16.4. The molecule has 0 heterocycles. The quantitative estimate of drug-likeness (QED) is 0.517. The van der Waals surface area contributed by atoms with Gasteiger partial charge in [-0.05, 0) is 42.7 Å². The van der Waals surface area contributed by atoms with Crippen LogP contribution in [0.25, 0.3) is 0 Å². The minimum Gasteiger partial charge on any atom is -0.456 e. The third-order valence-corrected chi connectivity index (χ3v) is 6.06. The molecule has 0 spiro atoms. The molecule has 0 bridgehead atoms. The molecule has 2 aromatic carbocycles. The van der Waals surface area contributed by atoms with Crippen LogP contribution in [0.3, 0.4) is 0 Å². The topological polar surface area (TPSA) is 70.3 Å². The zero-order valence-electron chi connectivity index (χ0n) is 16.4. The van der Waals surface area contributed by atoms with Crippen molar-refractivity contribution in [2.24, 2.45) is 0 Å². The van der Waals surface area contributed by atoms with Crippen molar-refractivity contribution in [1.82, 2.24) is 0 Å². The number of nitrogens with zero attached hydrogens (tertiary/aromatic N) is 1. The van der Waals surface area contributed by atoms with E-state index in [1.807, 2.05) is 0 Å². The number of ketones is 1. The summed E-state index contributed by atoms with van der Waals surface area (Å²) in [7, 11) is 0. The fraction of sp³-hybridized carbons (Fsp3) is 0.304. The molecule has 160 valence electrons. The lowest BCUT2D eigenvalue weighted by Crippen LogP contribution is -2.54. The van der Waals surface area contributed by atoms with Crippen molar-refractivity contribution in [1.29, 1.82) is 5.26 Å². The molecule has 0 aromatic heterocycles. The molecule has 1 N–H and O–H groups in total. The van der Waals surface area contributed by atoms with Gasteiger partial charge in [-0.1, -0.05) is 13.5 Å². The summed E-state index contributed by atoms with van der Waals surface area (Å²) >= 11 is 0. The van der Waals surface area contributed by atoms with Gasteiger partial charge in [-0.15, -0.1) is 0 Å². The van der Waals surface area contributed by atoms with Crippen molar-refractivity contribution in [3.8, 4) is 17.6 Å². The monoisotopic (exact) mass is 431 g/mol. The minimum atomic E-state index is -4.13. The highest BCUT2D eigenvalue weighted by Gasteiger charge is 2.76. The van der Waals surface area contributed by atoms with Crippen molar-refractivity contribution in [2.45, 2.75) is 43.4 Å². The molecule has 0 fully saturated rings. The van der Waals surface area contributed by atoms with E-state index in [0.717, 1.165) is 24.3 Å². The summed E-state index contributed by atoms with van der Waals surface area (Å²) in [6, 6.07) is 6.83. The molecule has 31 heavy (non-hydrogen) atoms. The first-order chi connectivity index (χ1) is 14.5. The number of Topliss-reactive ketones (excluding diaryl/α,β-unsaturated/α-hetero) is 1. The fourth-order valence-corrected chi connectivity index (χ4v) is 4.54. The summed E-state index contributed by atoms with van der Waals surface area (Å²) in [5.74, 6) is -5.91. The number of hydrogen-bond acceptors (Lipinski definition) is 4. The van der Waals surface area contributed by atoms with Crippen LogP contribution in [0.1, 0.15) is 53.2 Å². The van der Waals surface area contributed by atoms with E-state index in [2.05, 4.69) is 6.58 Å². The largest absolute Gasteiger partial charge is 0.456 e. The van der Waals surface area contributed by atoms with Crippen LogP contribution in [0.2, 0.25) is 0 Å². The first-order valence-corrected chi connectivity index (χ1v) is 9.58. The summed E-state index contributed by atoms with van der Waals surface area (Å²) in [5.41, 5.74) is -8.43. The number of nitriles is 1. The van der Waals surface area contributed by atoms with E-state index in [9.17, 15) is 14.3 Å². The molecule has 2 atom stereocenters. The predicted octanol–water partition coefficient (Wildman–Crippen LogP) is 5.43. The van der Waals surface area contributed by atoms with Gasteiger partial charge in [0.05, 0.1) is 17.2 Å².